The van der Waals surface area contributed by atoms with E-state index >= 15 is 0 Å². The van der Waals surface area contributed by atoms with Crippen LogP contribution in [0.5, 0.6) is 0 Å². The molecule has 0 aromatic carbocycles. The lowest BCUT2D eigenvalue weighted by molar-refractivity contribution is 0.0554. The van der Waals surface area contributed by atoms with E-state index in [9.17, 15) is 4.79 Å². The number of rotatable bonds is 5. The predicted octanol–water partition coefficient (Wildman–Crippen LogP) is 1.84. The molecule has 4 rings (SSSR count). The molecule has 0 saturated carbocycles. The van der Waals surface area contributed by atoms with Crippen molar-refractivity contribution in [2.75, 3.05) is 20.3 Å². The number of amides is 1. The van der Waals surface area contributed by atoms with Crippen LogP contribution in [0.4, 0.5) is 0 Å². The van der Waals surface area contributed by atoms with Crippen LogP contribution in [0.25, 0.3) is 0 Å². The Morgan fingerprint density at radius 1 is 1.36 bits per heavy atom. The first-order valence-corrected chi connectivity index (χ1v) is 8.96. The summed E-state index contributed by atoms with van der Waals surface area (Å²) in [7, 11) is 1.64. The van der Waals surface area contributed by atoms with E-state index in [1.54, 1.807) is 7.11 Å². The maximum Gasteiger partial charge on any atom is 0.275 e. The number of aromatic nitrogens is 4. The van der Waals surface area contributed by atoms with Gasteiger partial charge < -0.3 is 14.2 Å². The summed E-state index contributed by atoms with van der Waals surface area (Å²) in [5.41, 5.74) is 2.76. The Morgan fingerprint density at radius 3 is 3.16 bits per heavy atom. The van der Waals surface area contributed by atoms with Crippen LogP contribution in [0.3, 0.4) is 0 Å². The number of ether oxygens (including phenoxy) is 1. The van der Waals surface area contributed by atoms with Crippen LogP contribution in [-0.2, 0) is 24.0 Å². The number of H-pyrrole nitrogens is 1. The predicted molar refractivity (Wildman–Crippen MR) is 88.1 cm³/mol. The van der Waals surface area contributed by atoms with Crippen LogP contribution in [0.15, 0.2) is 4.52 Å². The summed E-state index contributed by atoms with van der Waals surface area (Å²) in [5.74, 6) is 1.11. The quantitative estimate of drug-likeness (QED) is 0.888. The average molecular weight is 345 g/mol. The van der Waals surface area contributed by atoms with Gasteiger partial charge in [-0.3, -0.25) is 9.89 Å². The Bertz CT molecular complexity index is 753. The molecule has 1 atom stereocenters. The van der Waals surface area contributed by atoms with E-state index < -0.39 is 0 Å². The second-order valence-electron chi connectivity index (χ2n) is 6.68. The summed E-state index contributed by atoms with van der Waals surface area (Å²) in [6.07, 6.45) is 6.46. The van der Waals surface area contributed by atoms with Gasteiger partial charge in [0.15, 0.2) is 11.5 Å². The number of likely N-dealkylation sites (tertiary alicyclic amines) is 1. The lowest BCUT2D eigenvalue weighted by Crippen LogP contribution is -2.39. The Hall–Kier alpha value is -2.22. The number of piperidine rings is 1. The smallest absolute Gasteiger partial charge is 0.275 e. The summed E-state index contributed by atoms with van der Waals surface area (Å²) < 4.78 is 10.5. The molecule has 0 bridgehead atoms. The number of methoxy groups -OCH3 is 1. The van der Waals surface area contributed by atoms with Crippen LogP contribution < -0.4 is 0 Å². The van der Waals surface area contributed by atoms with E-state index in [1.165, 1.54) is 0 Å². The van der Waals surface area contributed by atoms with Crippen LogP contribution >= 0.6 is 0 Å². The Balaban J connectivity index is 1.56. The van der Waals surface area contributed by atoms with Gasteiger partial charge >= 0.3 is 0 Å². The van der Waals surface area contributed by atoms with Crippen LogP contribution in [0.2, 0.25) is 0 Å². The molecule has 1 aliphatic carbocycles. The van der Waals surface area contributed by atoms with Crippen molar-refractivity contribution in [1.29, 1.82) is 0 Å². The molecule has 0 unspecified atom stereocenters. The van der Waals surface area contributed by atoms with Crippen LogP contribution in [0, 0.1) is 0 Å². The first kappa shape index (κ1) is 16.3. The van der Waals surface area contributed by atoms with Gasteiger partial charge in [-0.25, -0.2) is 0 Å². The highest BCUT2D eigenvalue weighted by Gasteiger charge is 2.35. The molecular formula is C17H23N5O3. The zero-order chi connectivity index (χ0) is 17.2. The number of fused-ring (bicyclic) bond motifs is 1. The molecule has 25 heavy (non-hydrogen) atoms. The van der Waals surface area contributed by atoms with Gasteiger partial charge in [0.05, 0.1) is 6.61 Å². The molecule has 8 nitrogen and oxygen atoms in total. The van der Waals surface area contributed by atoms with E-state index in [1.807, 2.05) is 4.90 Å². The molecule has 1 amide bonds. The first-order valence-electron chi connectivity index (χ1n) is 8.96. The minimum absolute atomic E-state index is 0.0271. The third-order valence-electron chi connectivity index (χ3n) is 5.07. The van der Waals surface area contributed by atoms with Crippen molar-refractivity contribution in [3.05, 3.63) is 28.7 Å². The molecule has 2 aromatic heterocycles. The van der Waals surface area contributed by atoms with Gasteiger partial charge in [0.25, 0.3) is 5.91 Å². The van der Waals surface area contributed by atoms with E-state index in [0.717, 1.165) is 49.8 Å². The molecule has 1 saturated heterocycles. The Kier molecular flexibility index (Phi) is 4.52. The fraction of sp³-hybridized carbons (Fsp3) is 0.647. The Morgan fingerprint density at radius 2 is 2.28 bits per heavy atom. The van der Waals surface area contributed by atoms with E-state index in [4.69, 9.17) is 9.26 Å². The molecule has 1 fully saturated rings. The number of hydrogen-bond acceptors (Lipinski definition) is 6. The lowest BCUT2D eigenvalue weighted by Gasteiger charge is -2.33. The largest absolute Gasteiger partial charge is 0.384 e. The zero-order valence-corrected chi connectivity index (χ0v) is 14.5. The van der Waals surface area contributed by atoms with Gasteiger partial charge in [-0.1, -0.05) is 5.16 Å². The standard InChI is InChI=1S/C17H23N5O3/c1-24-10-8-14-18-16(25-21-14)13-7-2-3-9-22(13)17(23)15-11-5-4-6-12(11)19-20-15/h13H,2-10H2,1H3,(H,19,20)/t13-/m1/s1. The number of nitrogens with zero attached hydrogens (tertiary/aromatic N) is 4. The highest BCUT2D eigenvalue weighted by Crippen LogP contribution is 2.32. The maximum absolute atomic E-state index is 13.1. The number of aryl methyl sites for hydroxylation is 1. The molecular weight excluding hydrogens is 322 g/mol. The van der Waals surface area contributed by atoms with Crippen molar-refractivity contribution in [2.45, 2.75) is 51.0 Å². The third kappa shape index (κ3) is 3.06. The minimum Gasteiger partial charge on any atom is -0.384 e. The molecule has 1 N–H and O–H groups in total. The highest BCUT2D eigenvalue weighted by molar-refractivity contribution is 5.94. The summed E-state index contributed by atoms with van der Waals surface area (Å²) in [6.45, 7) is 1.24. The van der Waals surface area contributed by atoms with Crippen molar-refractivity contribution >= 4 is 5.91 Å². The lowest BCUT2D eigenvalue weighted by atomic mass is 10.0. The molecule has 1 aliphatic heterocycles. The normalized spacial score (nSPS) is 20.0. The zero-order valence-electron chi connectivity index (χ0n) is 14.5. The van der Waals surface area contributed by atoms with Crippen molar-refractivity contribution in [2.24, 2.45) is 0 Å². The second-order valence-corrected chi connectivity index (χ2v) is 6.68. The van der Waals surface area contributed by atoms with Gasteiger partial charge in [0, 0.05) is 31.3 Å². The van der Waals surface area contributed by atoms with Gasteiger partial charge in [-0.2, -0.15) is 10.1 Å². The summed E-state index contributed by atoms with van der Waals surface area (Å²) in [4.78, 5) is 19.4. The molecule has 134 valence electrons. The molecule has 3 heterocycles. The van der Waals surface area contributed by atoms with Gasteiger partial charge in [0.1, 0.15) is 6.04 Å². The SMILES string of the molecule is COCCc1noc([C@H]2CCCCN2C(=O)c2n[nH]c3c2CCC3)n1. The van der Waals surface area contributed by atoms with Crippen molar-refractivity contribution < 1.29 is 14.1 Å². The van der Waals surface area contributed by atoms with E-state index in [2.05, 4.69) is 20.3 Å². The van der Waals surface area contributed by atoms with Gasteiger partial charge in [-0.15, -0.1) is 0 Å². The highest BCUT2D eigenvalue weighted by atomic mass is 16.5. The van der Waals surface area contributed by atoms with Crippen LogP contribution in [-0.4, -0.2) is 51.4 Å². The van der Waals surface area contributed by atoms with Crippen molar-refractivity contribution in [3.63, 3.8) is 0 Å². The molecule has 0 spiro atoms. The second kappa shape index (κ2) is 6.95. The van der Waals surface area contributed by atoms with Crippen molar-refractivity contribution in [3.8, 4) is 0 Å². The fourth-order valence-electron chi connectivity index (χ4n) is 3.76. The number of nitrogens with one attached hydrogen (secondary N) is 1. The number of carbonyl (C=O) groups excluding carboxylic acids is 1. The van der Waals surface area contributed by atoms with Gasteiger partial charge in [0.2, 0.25) is 5.89 Å². The summed E-state index contributed by atoms with van der Waals surface area (Å²) in [6, 6.07) is -0.168. The summed E-state index contributed by atoms with van der Waals surface area (Å²) >= 11 is 0. The molecule has 2 aromatic rings. The van der Waals surface area contributed by atoms with Crippen LogP contribution in [0.1, 0.15) is 65.2 Å². The monoisotopic (exact) mass is 345 g/mol. The van der Waals surface area contributed by atoms with Gasteiger partial charge in [-0.05, 0) is 38.5 Å². The molecule has 2 aliphatic rings. The van der Waals surface area contributed by atoms with E-state index in [0.29, 0.717) is 37.0 Å². The average Bonchev–Trinajstić information content (AvgIpc) is 3.36. The third-order valence-corrected chi connectivity index (χ3v) is 5.07. The number of hydrogen-bond donors (Lipinski definition) is 1. The van der Waals surface area contributed by atoms with E-state index in [-0.39, 0.29) is 11.9 Å². The topological polar surface area (TPSA) is 97.1 Å². The van der Waals surface area contributed by atoms with Crippen molar-refractivity contribution in [1.82, 2.24) is 25.2 Å². The first-order chi connectivity index (χ1) is 12.3. The minimum atomic E-state index is -0.168. The Labute approximate surface area is 145 Å². The number of carbonyl (C=O) groups is 1. The fourth-order valence-corrected chi connectivity index (χ4v) is 3.76. The maximum atomic E-state index is 13.1. The summed E-state index contributed by atoms with van der Waals surface area (Å²) in [5, 5.41) is 11.3. The number of aromatic amines is 1. The molecule has 8 heteroatoms. The molecule has 0 radical (unpaired) electrons.